The van der Waals surface area contributed by atoms with E-state index in [2.05, 4.69) is 37.3 Å². The number of hydrogen-bond donors (Lipinski definition) is 0. The molecule has 38 heavy (non-hydrogen) atoms. The van der Waals surface area contributed by atoms with Crippen molar-refractivity contribution >= 4 is 27.3 Å². The SMILES string of the molecule is CC.COc1ccc2c3c(ccc2c1)C(C)(c1ccccc1C(C)=O)c1ccc2cc(OC)ccc2c1O3. The standard InChI is InChI=1S/C32H26O4.C2H6/c1-19(33)24-7-5-6-8-27(24)32(2)28-15-9-20-17-22(34-3)11-13-25(20)30(28)36-31-26-14-12-23(35-4)18-21(26)10-16-29(31)32;1-2/h5-18H,1-4H3;1-2H3. The molecule has 0 atom stereocenters. The first-order chi connectivity index (χ1) is 18.5. The zero-order valence-corrected chi connectivity index (χ0v) is 22.7. The van der Waals surface area contributed by atoms with Crippen molar-refractivity contribution in [3.63, 3.8) is 0 Å². The molecule has 4 nitrogen and oxygen atoms in total. The van der Waals surface area contributed by atoms with E-state index in [1.54, 1.807) is 21.1 Å². The highest BCUT2D eigenvalue weighted by atomic mass is 16.5. The summed E-state index contributed by atoms with van der Waals surface area (Å²) in [4.78, 5) is 12.8. The molecule has 0 saturated heterocycles. The molecule has 0 radical (unpaired) electrons. The molecule has 0 amide bonds. The van der Waals surface area contributed by atoms with E-state index in [4.69, 9.17) is 14.2 Å². The average molecular weight is 505 g/mol. The Bertz CT molecular complexity index is 1590. The summed E-state index contributed by atoms with van der Waals surface area (Å²) in [7, 11) is 3.34. The van der Waals surface area contributed by atoms with Crippen molar-refractivity contribution in [1.82, 2.24) is 0 Å². The van der Waals surface area contributed by atoms with Crippen LogP contribution < -0.4 is 14.2 Å². The van der Waals surface area contributed by atoms with E-state index in [0.29, 0.717) is 5.56 Å². The van der Waals surface area contributed by atoms with E-state index in [-0.39, 0.29) is 5.78 Å². The number of rotatable bonds is 4. The molecule has 1 aliphatic heterocycles. The molecule has 0 bridgehead atoms. The number of carbonyl (C=O) groups is 1. The molecule has 0 N–H and O–H groups in total. The minimum Gasteiger partial charge on any atom is -0.497 e. The number of methoxy groups -OCH3 is 2. The molecular formula is C34H32O4. The second-order valence-corrected chi connectivity index (χ2v) is 9.39. The van der Waals surface area contributed by atoms with Crippen LogP contribution in [0.15, 0.2) is 84.9 Å². The van der Waals surface area contributed by atoms with Crippen molar-refractivity contribution in [1.29, 1.82) is 0 Å². The normalized spacial score (nSPS) is 13.0. The van der Waals surface area contributed by atoms with Gasteiger partial charge in [-0.2, -0.15) is 0 Å². The van der Waals surface area contributed by atoms with Crippen LogP contribution in [-0.2, 0) is 5.41 Å². The Morgan fingerprint density at radius 3 is 1.66 bits per heavy atom. The number of ketones is 1. The monoisotopic (exact) mass is 504 g/mol. The van der Waals surface area contributed by atoms with E-state index in [1.807, 2.05) is 68.4 Å². The van der Waals surface area contributed by atoms with Crippen molar-refractivity contribution in [3.05, 3.63) is 107 Å². The van der Waals surface area contributed by atoms with Gasteiger partial charge in [0.15, 0.2) is 5.78 Å². The predicted octanol–water partition coefficient (Wildman–Crippen LogP) is 8.70. The first kappa shape index (κ1) is 25.3. The highest BCUT2D eigenvalue weighted by Gasteiger charge is 2.42. The summed E-state index contributed by atoms with van der Waals surface area (Å²) in [5.41, 5.74) is 3.10. The fourth-order valence-corrected chi connectivity index (χ4v) is 5.58. The predicted molar refractivity (Wildman–Crippen MR) is 154 cm³/mol. The second kappa shape index (κ2) is 9.86. The topological polar surface area (TPSA) is 44.8 Å². The van der Waals surface area contributed by atoms with Gasteiger partial charge in [0.05, 0.1) is 19.6 Å². The molecule has 1 heterocycles. The summed E-state index contributed by atoms with van der Waals surface area (Å²) in [6, 6.07) is 28.4. The van der Waals surface area contributed by atoms with Crippen LogP contribution in [0.3, 0.4) is 0 Å². The van der Waals surface area contributed by atoms with Crippen LogP contribution >= 0.6 is 0 Å². The molecule has 0 unspecified atom stereocenters. The van der Waals surface area contributed by atoms with Gasteiger partial charge in [0.2, 0.25) is 0 Å². The fourth-order valence-electron chi connectivity index (χ4n) is 5.58. The van der Waals surface area contributed by atoms with E-state index in [9.17, 15) is 4.79 Å². The van der Waals surface area contributed by atoms with Crippen molar-refractivity contribution in [2.24, 2.45) is 0 Å². The molecule has 5 aromatic carbocycles. The molecule has 5 aromatic rings. The van der Waals surface area contributed by atoms with Crippen molar-refractivity contribution in [3.8, 4) is 23.0 Å². The highest BCUT2D eigenvalue weighted by molar-refractivity contribution is 5.99. The third-order valence-corrected chi connectivity index (χ3v) is 7.48. The molecule has 0 fully saturated rings. The summed E-state index contributed by atoms with van der Waals surface area (Å²) in [6.07, 6.45) is 0. The van der Waals surface area contributed by atoms with Crippen molar-refractivity contribution < 1.29 is 19.0 Å². The van der Waals surface area contributed by atoms with E-state index in [1.165, 1.54) is 0 Å². The smallest absolute Gasteiger partial charge is 0.160 e. The van der Waals surface area contributed by atoms with Crippen LogP contribution in [0.4, 0.5) is 0 Å². The Labute approximate surface area is 223 Å². The lowest BCUT2D eigenvalue weighted by Gasteiger charge is -2.40. The summed E-state index contributed by atoms with van der Waals surface area (Å²) < 4.78 is 17.7. The van der Waals surface area contributed by atoms with Gasteiger partial charge in [-0.25, -0.2) is 0 Å². The molecule has 4 heteroatoms. The van der Waals surface area contributed by atoms with Gasteiger partial charge in [-0.1, -0.05) is 62.4 Å². The molecule has 6 rings (SSSR count). The number of Topliss-reactive ketones (excluding diaryl/α,β-unsaturated/α-hetero) is 1. The van der Waals surface area contributed by atoms with Gasteiger partial charge >= 0.3 is 0 Å². The Morgan fingerprint density at radius 1 is 0.684 bits per heavy atom. The molecule has 0 aromatic heterocycles. The lowest BCUT2D eigenvalue weighted by molar-refractivity contribution is 0.101. The third kappa shape index (κ3) is 3.79. The van der Waals surface area contributed by atoms with Crippen molar-refractivity contribution in [2.45, 2.75) is 33.1 Å². The summed E-state index contributed by atoms with van der Waals surface area (Å²) in [5.74, 6) is 3.22. The average Bonchev–Trinajstić information content (AvgIpc) is 2.97. The zero-order valence-electron chi connectivity index (χ0n) is 22.7. The van der Waals surface area contributed by atoms with Gasteiger partial charge < -0.3 is 14.2 Å². The summed E-state index contributed by atoms with van der Waals surface area (Å²) >= 11 is 0. The van der Waals surface area contributed by atoms with Gasteiger partial charge in [-0.3, -0.25) is 4.79 Å². The minimum atomic E-state index is -0.618. The molecule has 0 spiro atoms. The Balaban J connectivity index is 0.00000144. The Hall–Kier alpha value is -4.31. The largest absolute Gasteiger partial charge is 0.497 e. The highest BCUT2D eigenvalue weighted by Crippen LogP contribution is 2.56. The molecule has 0 aliphatic carbocycles. The second-order valence-electron chi connectivity index (χ2n) is 9.39. The lowest BCUT2D eigenvalue weighted by Crippen LogP contribution is -2.31. The van der Waals surface area contributed by atoms with E-state index >= 15 is 0 Å². The van der Waals surface area contributed by atoms with Crippen LogP contribution in [0.25, 0.3) is 21.5 Å². The van der Waals surface area contributed by atoms with Crippen LogP contribution in [0, 0.1) is 0 Å². The van der Waals surface area contributed by atoms with Gasteiger partial charge in [0, 0.05) is 27.5 Å². The Kier molecular flexibility index (Phi) is 6.58. The maximum atomic E-state index is 12.8. The number of carbonyl (C=O) groups excluding carboxylic acids is 1. The molecule has 1 aliphatic rings. The van der Waals surface area contributed by atoms with Crippen LogP contribution in [0.1, 0.15) is 54.7 Å². The number of benzene rings is 5. The van der Waals surface area contributed by atoms with Gasteiger partial charge in [-0.05, 0) is 66.6 Å². The van der Waals surface area contributed by atoms with Gasteiger partial charge in [-0.15, -0.1) is 0 Å². The maximum Gasteiger partial charge on any atom is 0.160 e. The van der Waals surface area contributed by atoms with E-state index < -0.39 is 5.41 Å². The first-order valence-electron chi connectivity index (χ1n) is 13.0. The quantitative estimate of drug-likeness (QED) is 0.230. The number of hydrogen-bond acceptors (Lipinski definition) is 4. The first-order valence-corrected chi connectivity index (χ1v) is 13.0. The van der Waals surface area contributed by atoms with Gasteiger partial charge in [0.1, 0.15) is 23.0 Å². The zero-order chi connectivity index (χ0) is 27.0. The van der Waals surface area contributed by atoms with Crippen LogP contribution in [0.5, 0.6) is 23.0 Å². The number of ether oxygens (including phenoxy) is 3. The van der Waals surface area contributed by atoms with Crippen LogP contribution in [0.2, 0.25) is 0 Å². The molecule has 0 saturated carbocycles. The Morgan fingerprint density at radius 2 is 1.18 bits per heavy atom. The van der Waals surface area contributed by atoms with Crippen LogP contribution in [-0.4, -0.2) is 20.0 Å². The van der Waals surface area contributed by atoms with E-state index in [0.717, 1.165) is 61.2 Å². The maximum absolute atomic E-state index is 12.8. The minimum absolute atomic E-state index is 0.0393. The summed E-state index contributed by atoms with van der Waals surface area (Å²) in [6.45, 7) is 7.82. The molecular weight excluding hydrogens is 472 g/mol. The van der Waals surface area contributed by atoms with Gasteiger partial charge in [0.25, 0.3) is 0 Å². The number of fused-ring (bicyclic) bond motifs is 6. The molecule has 192 valence electrons. The third-order valence-electron chi connectivity index (χ3n) is 7.48. The summed E-state index contributed by atoms with van der Waals surface area (Å²) in [5, 5.41) is 4.05. The van der Waals surface area contributed by atoms with Crippen molar-refractivity contribution in [2.75, 3.05) is 14.2 Å². The lowest BCUT2D eigenvalue weighted by atomic mass is 9.67. The fraction of sp³-hybridized carbons (Fsp3) is 0.206.